The van der Waals surface area contributed by atoms with Gasteiger partial charge in [0.1, 0.15) is 10.7 Å². The number of sulfonamides is 1. The van der Waals surface area contributed by atoms with E-state index in [1.807, 2.05) is 42.5 Å². The second-order valence-electron chi connectivity index (χ2n) is 6.05. The quantitative estimate of drug-likeness (QED) is 0.765. The summed E-state index contributed by atoms with van der Waals surface area (Å²) in [5, 5.41) is 5.48. The van der Waals surface area contributed by atoms with Crippen molar-refractivity contribution in [3.63, 3.8) is 0 Å². The topological polar surface area (TPSA) is 71.5 Å². The molecular weight excluding hydrogens is 350 g/mol. The van der Waals surface area contributed by atoms with Crippen LogP contribution in [0.3, 0.4) is 0 Å². The third-order valence-corrected chi connectivity index (χ3v) is 6.28. The Bertz CT molecular complexity index is 1010. The number of fused-ring (bicyclic) bond motifs is 1. The summed E-state index contributed by atoms with van der Waals surface area (Å²) in [5.74, 6) is 0.599. The summed E-state index contributed by atoms with van der Waals surface area (Å²) in [4.78, 5) is 4.49. The van der Waals surface area contributed by atoms with Crippen LogP contribution in [0.15, 0.2) is 65.7 Å². The molecule has 1 aliphatic rings. The summed E-state index contributed by atoms with van der Waals surface area (Å²) in [6.45, 7) is 1.59. The van der Waals surface area contributed by atoms with Crippen molar-refractivity contribution in [2.45, 2.75) is 4.90 Å². The Balaban J connectivity index is 1.58. The Hall–Kier alpha value is -2.48. The minimum atomic E-state index is -3.52. The molecule has 134 valence electrons. The summed E-state index contributed by atoms with van der Waals surface area (Å²) >= 11 is 0. The molecule has 1 aliphatic heterocycles. The number of ether oxygens (including phenoxy) is 1. The highest BCUT2D eigenvalue weighted by atomic mass is 32.2. The molecule has 0 saturated carbocycles. The van der Waals surface area contributed by atoms with Gasteiger partial charge in [0.05, 0.1) is 13.2 Å². The SMILES string of the molecule is O=S(=O)(c1ccc(Nc2cccc3ccccc23)nc1)N1CCOCC1. The summed E-state index contributed by atoms with van der Waals surface area (Å²) < 4.78 is 31.9. The predicted octanol–water partition coefficient (Wildman–Crippen LogP) is 3.00. The van der Waals surface area contributed by atoms with Gasteiger partial charge in [-0.15, -0.1) is 0 Å². The molecular formula is C19H19N3O3S. The van der Waals surface area contributed by atoms with Crippen molar-refractivity contribution < 1.29 is 13.2 Å². The normalized spacial score (nSPS) is 15.8. The number of nitrogens with one attached hydrogen (secondary N) is 1. The molecule has 7 heteroatoms. The van der Waals surface area contributed by atoms with Crippen LogP contribution in [0.2, 0.25) is 0 Å². The second kappa shape index (κ2) is 7.03. The molecule has 0 bridgehead atoms. The summed E-state index contributed by atoms with van der Waals surface area (Å²) in [6, 6.07) is 17.3. The number of nitrogens with zero attached hydrogens (tertiary/aromatic N) is 2. The number of morpholine rings is 1. The van der Waals surface area contributed by atoms with E-state index in [1.165, 1.54) is 10.5 Å². The van der Waals surface area contributed by atoms with Gasteiger partial charge in [-0.05, 0) is 23.6 Å². The molecule has 4 rings (SSSR count). The molecule has 1 saturated heterocycles. The first-order valence-electron chi connectivity index (χ1n) is 8.43. The lowest BCUT2D eigenvalue weighted by Gasteiger charge is -2.25. The van der Waals surface area contributed by atoms with E-state index in [0.717, 1.165) is 16.5 Å². The number of benzene rings is 2. The fourth-order valence-corrected chi connectivity index (χ4v) is 4.37. The average Bonchev–Trinajstić information content (AvgIpc) is 2.69. The molecule has 2 heterocycles. The largest absolute Gasteiger partial charge is 0.379 e. The zero-order chi connectivity index (χ0) is 18.0. The van der Waals surface area contributed by atoms with Crippen LogP contribution in [-0.4, -0.2) is 44.0 Å². The number of anilines is 2. The van der Waals surface area contributed by atoms with Gasteiger partial charge >= 0.3 is 0 Å². The van der Waals surface area contributed by atoms with Crippen molar-refractivity contribution >= 4 is 32.3 Å². The monoisotopic (exact) mass is 369 g/mol. The number of rotatable bonds is 4. The van der Waals surface area contributed by atoms with E-state index in [-0.39, 0.29) is 4.90 Å². The summed E-state index contributed by atoms with van der Waals surface area (Å²) in [7, 11) is -3.52. The van der Waals surface area contributed by atoms with E-state index in [9.17, 15) is 8.42 Å². The number of aromatic nitrogens is 1. The molecule has 2 aromatic carbocycles. The maximum absolute atomic E-state index is 12.6. The van der Waals surface area contributed by atoms with Gasteiger partial charge in [-0.2, -0.15) is 4.31 Å². The van der Waals surface area contributed by atoms with E-state index in [0.29, 0.717) is 32.1 Å². The molecule has 0 amide bonds. The zero-order valence-corrected chi connectivity index (χ0v) is 14.9. The van der Waals surface area contributed by atoms with Gasteiger partial charge in [-0.1, -0.05) is 36.4 Å². The van der Waals surface area contributed by atoms with Crippen LogP contribution in [0.4, 0.5) is 11.5 Å². The first-order valence-corrected chi connectivity index (χ1v) is 9.87. The van der Waals surface area contributed by atoms with Crippen LogP contribution in [0.5, 0.6) is 0 Å². The van der Waals surface area contributed by atoms with E-state index in [2.05, 4.69) is 10.3 Å². The molecule has 1 N–H and O–H groups in total. The number of hydrogen-bond acceptors (Lipinski definition) is 5. The Morgan fingerprint density at radius 3 is 2.50 bits per heavy atom. The fourth-order valence-electron chi connectivity index (χ4n) is 3.02. The van der Waals surface area contributed by atoms with Crippen molar-refractivity contribution in [2.75, 3.05) is 31.6 Å². The lowest BCUT2D eigenvalue weighted by molar-refractivity contribution is 0.0730. The van der Waals surface area contributed by atoms with Gasteiger partial charge in [-0.3, -0.25) is 0 Å². The van der Waals surface area contributed by atoms with Gasteiger partial charge < -0.3 is 10.1 Å². The van der Waals surface area contributed by atoms with E-state index in [4.69, 9.17) is 4.74 Å². The molecule has 26 heavy (non-hydrogen) atoms. The third kappa shape index (κ3) is 3.29. The molecule has 1 fully saturated rings. The Kier molecular flexibility index (Phi) is 4.58. The standard InChI is InChI=1S/C19H19N3O3S/c23-26(24,22-10-12-25-13-11-22)16-8-9-19(20-14-16)21-18-7-3-5-15-4-1-2-6-17(15)18/h1-9,14H,10-13H2,(H,20,21). The summed E-state index contributed by atoms with van der Waals surface area (Å²) in [5.41, 5.74) is 0.930. The molecule has 0 unspecified atom stereocenters. The molecule has 0 spiro atoms. The smallest absolute Gasteiger partial charge is 0.244 e. The zero-order valence-electron chi connectivity index (χ0n) is 14.1. The van der Waals surface area contributed by atoms with Gasteiger partial charge in [0.2, 0.25) is 10.0 Å². The number of hydrogen-bond donors (Lipinski definition) is 1. The van der Waals surface area contributed by atoms with Crippen LogP contribution < -0.4 is 5.32 Å². The molecule has 6 nitrogen and oxygen atoms in total. The van der Waals surface area contributed by atoms with Crippen molar-refractivity contribution in [1.82, 2.24) is 9.29 Å². The highest BCUT2D eigenvalue weighted by Crippen LogP contribution is 2.26. The lowest BCUT2D eigenvalue weighted by atomic mass is 10.1. The highest BCUT2D eigenvalue weighted by Gasteiger charge is 2.26. The van der Waals surface area contributed by atoms with Crippen LogP contribution in [-0.2, 0) is 14.8 Å². The molecule has 0 atom stereocenters. The summed E-state index contributed by atoms with van der Waals surface area (Å²) in [6.07, 6.45) is 1.40. The first-order chi connectivity index (χ1) is 12.6. The first kappa shape index (κ1) is 17.0. The Morgan fingerprint density at radius 1 is 0.962 bits per heavy atom. The molecule has 0 radical (unpaired) electrons. The van der Waals surface area contributed by atoms with E-state index < -0.39 is 10.0 Å². The van der Waals surface area contributed by atoms with Crippen LogP contribution in [0.1, 0.15) is 0 Å². The van der Waals surface area contributed by atoms with Gasteiger partial charge in [-0.25, -0.2) is 13.4 Å². The molecule has 3 aromatic rings. The third-order valence-electron chi connectivity index (χ3n) is 4.40. The van der Waals surface area contributed by atoms with Crippen LogP contribution in [0, 0.1) is 0 Å². The van der Waals surface area contributed by atoms with Crippen molar-refractivity contribution in [3.05, 3.63) is 60.8 Å². The van der Waals surface area contributed by atoms with E-state index >= 15 is 0 Å². The minimum Gasteiger partial charge on any atom is -0.379 e. The Morgan fingerprint density at radius 2 is 1.73 bits per heavy atom. The van der Waals surface area contributed by atoms with Crippen LogP contribution >= 0.6 is 0 Å². The van der Waals surface area contributed by atoms with Gasteiger partial charge in [0, 0.05) is 30.4 Å². The van der Waals surface area contributed by atoms with Crippen molar-refractivity contribution in [1.29, 1.82) is 0 Å². The molecule has 0 aliphatic carbocycles. The number of pyridine rings is 1. The maximum Gasteiger partial charge on any atom is 0.244 e. The minimum absolute atomic E-state index is 0.197. The van der Waals surface area contributed by atoms with Gasteiger partial charge in [0.15, 0.2) is 0 Å². The van der Waals surface area contributed by atoms with Gasteiger partial charge in [0.25, 0.3) is 0 Å². The molecule has 1 aromatic heterocycles. The highest BCUT2D eigenvalue weighted by molar-refractivity contribution is 7.89. The van der Waals surface area contributed by atoms with Crippen molar-refractivity contribution in [3.8, 4) is 0 Å². The van der Waals surface area contributed by atoms with Crippen molar-refractivity contribution in [2.24, 2.45) is 0 Å². The van der Waals surface area contributed by atoms with Crippen LogP contribution in [0.25, 0.3) is 10.8 Å². The fraction of sp³-hybridized carbons (Fsp3) is 0.211. The van der Waals surface area contributed by atoms with E-state index in [1.54, 1.807) is 12.1 Å². The second-order valence-corrected chi connectivity index (χ2v) is 7.99. The predicted molar refractivity (Wildman–Crippen MR) is 101 cm³/mol. The maximum atomic E-state index is 12.6. The Labute approximate surface area is 152 Å². The average molecular weight is 369 g/mol. The lowest BCUT2D eigenvalue weighted by Crippen LogP contribution is -2.40.